The first-order chi connectivity index (χ1) is 13.6. The lowest BCUT2D eigenvalue weighted by atomic mass is 10.1. The van der Waals surface area contributed by atoms with Gasteiger partial charge in [0.1, 0.15) is 5.82 Å². The summed E-state index contributed by atoms with van der Waals surface area (Å²) in [6, 6.07) is 10.6. The summed E-state index contributed by atoms with van der Waals surface area (Å²) in [5, 5.41) is 7.05. The summed E-state index contributed by atoms with van der Waals surface area (Å²) >= 11 is 3.57. The fourth-order valence-corrected chi connectivity index (χ4v) is 4.42. The lowest BCUT2D eigenvalue weighted by Crippen LogP contribution is -2.17. The molecule has 144 valence electrons. The number of rotatable bonds is 5. The Bertz CT molecular complexity index is 945. The summed E-state index contributed by atoms with van der Waals surface area (Å²) in [7, 11) is 0. The summed E-state index contributed by atoms with van der Waals surface area (Å²) in [6.07, 6.45) is 8.47. The van der Waals surface area contributed by atoms with Crippen LogP contribution in [0.1, 0.15) is 36.8 Å². The number of nitrogens with zero attached hydrogens (tertiary/aromatic N) is 3. The Kier molecular flexibility index (Phi) is 5.57. The van der Waals surface area contributed by atoms with Crippen molar-refractivity contribution in [1.82, 2.24) is 15.0 Å². The number of nitrogens with one attached hydrogen (secondary N) is 2. The quantitative estimate of drug-likeness (QED) is 0.510. The number of halogens is 1. The van der Waals surface area contributed by atoms with Gasteiger partial charge < -0.3 is 10.6 Å². The van der Waals surface area contributed by atoms with Crippen LogP contribution in [0.3, 0.4) is 0 Å². The Hall–Kier alpha value is -2.47. The van der Waals surface area contributed by atoms with Crippen molar-refractivity contribution in [2.45, 2.75) is 45.6 Å². The molecule has 0 radical (unpaired) electrons. The molecule has 1 aromatic carbocycles. The number of pyridine rings is 1. The third-order valence-electron chi connectivity index (χ3n) is 5.14. The van der Waals surface area contributed by atoms with Gasteiger partial charge in [-0.25, -0.2) is 4.98 Å². The van der Waals surface area contributed by atoms with Gasteiger partial charge in [0.2, 0.25) is 5.95 Å². The van der Waals surface area contributed by atoms with E-state index in [9.17, 15) is 0 Å². The largest absolute Gasteiger partial charge is 0.351 e. The Balaban J connectivity index is 1.71. The summed E-state index contributed by atoms with van der Waals surface area (Å²) < 4.78 is 1.08. The molecule has 0 bridgehead atoms. The molecule has 1 aliphatic rings. The maximum atomic E-state index is 4.77. The molecule has 0 amide bonds. The van der Waals surface area contributed by atoms with Gasteiger partial charge in [-0.05, 0) is 62.1 Å². The highest BCUT2D eigenvalue weighted by Gasteiger charge is 2.17. The molecule has 2 aromatic heterocycles. The van der Waals surface area contributed by atoms with E-state index in [2.05, 4.69) is 57.5 Å². The molecule has 0 spiro atoms. The first-order valence-corrected chi connectivity index (χ1v) is 10.5. The molecule has 4 rings (SSSR count). The van der Waals surface area contributed by atoms with Crippen molar-refractivity contribution in [3.63, 3.8) is 0 Å². The van der Waals surface area contributed by atoms with E-state index in [-0.39, 0.29) is 0 Å². The highest BCUT2D eigenvalue weighted by molar-refractivity contribution is 9.10. The van der Waals surface area contributed by atoms with Crippen LogP contribution in [0.2, 0.25) is 0 Å². The lowest BCUT2D eigenvalue weighted by Gasteiger charge is -2.17. The molecule has 6 heteroatoms. The van der Waals surface area contributed by atoms with Crippen molar-refractivity contribution >= 4 is 33.4 Å². The summed E-state index contributed by atoms with van der Waals surface area (Å²) in [5.41, 5.74) is 5.32. The molecule has 28 heavy (non-hydrogen) atoms. The van der Waals surface area contributed by atoms with Gasteiger partial charge in [-0.3, -0.25) is 4.98 Å². The lowest BCUT2D eigenvalue weighted by molar-refractivity contribution is 0.744. The SMILES string of the molecule is Cc1cc(Br)cc(C)c1Nc1cc(-c2ccncc2)nc(NC2CCCC2)n1. The molecule has 0 unspecified atom stereocenters. The Morgan fingerprint density at radius 3 is 2.32 bits per heavy atom. The molecule has 3 aromatic rings. The molecular weight excluding hydrogens is 414 g/mol. The zero-order valence-electron chi connectivity index (χ0n) is 16.2. The predicted octanol–water partition coefficient (Wildman–Crippen LogP) is 6.02. The summed E-state index contributed by atoms with van der Waals surface area (Å²) in [4.78, 5) is 13.7. The average Bonchev–Trinajstić information content (AvgIpc) is 3.18. The Labute approximate surface area is 174 Å². The van der Waals surface area contributed by atoms with E-state index in [1.54, 1.807) is 12.4 Å². The van der Waals surface area contributed by atoms with Gasteiger partial charge >= 0.3 is 0 Å². The highest BCUT2D eigenvalue weighted by atomic mass is 79.9. The van der Waals surface area contributed by atoms with Gasteiger partial charge in [0.05, 0.1) is 5.69 Å². The second kappa shape index (κ2) is 8.27. The van der Waals surface area contributed by atoms with Crippen LogP contribution in [-0.2, 0) is 0 Å². The van der Waals surface area contributed by atoms with Crippen molar-refractivity contribution in [2.24, 2.45) is 0 Å². The zero-order valence-corrected chi connectivity index (χ0v) is 17.8. The van der Waals surface area contributed by atoms with Crippen molar-refractivity contribution in [1.29, 1.82) is 0 Å². The van der Waals surface area contributed by atoms with Crippen molar-refractivity contribution in [2.75, 3.05) is 10.6 Å². The fraction of sp³-hybridized carbons (Fsp3) is 0.318. The van der Waals surface area contributed by atoms with Gasteiger partial charge in [-0.2, -0.15) is 4.98 Å². The topological polar surface area (TPSA) is 62.7 Å². The van der Waals surface area contributed by atoms with Crippen LogP contribution in [0.4, 0.5) is 17.5 Å². The molecule has 5 nitrogen and oxygen atoms in total. The van der Waals surface area contributed by atoms with Gasteiger partial charge in [0.25, 0.3) is 0 Å². The van der Waals surface area contributed by atoms with E-state index in [1.165, 1.54) is 36.8 Å². The summed E-state index contributed by atoms with van der Waals surface area (Å²) in [5.74, 6) is 1.46. The Morgan fingerprint density at radius 1 is 0.964 bits per heavy atom. The van der Waals surface area contributed by atoms with E-state index >= 15 is 0 Å². The number of aryl methyl sites for hydroxylation is 2. The van der Waals surface area contributed by atoms with Gasteiger partial charge in [-0.1, -0.05) is 28.8 Å². The van der Waals surface area contributed by atoms with Crippen LogP contribution in [0.25, 0.3) is 11.3 Å². The minimum atomic E-state index is 0.455. The number of benzene rings is 1. The van der Waals surface area contributed by atoms with Crippen LogP contribution in [0.5, 0.6) is 0 Å². The number of hydrogen-bond donors (Lipinski definition) is 2. The van der Waals surface area contributed by atoms with Gasteiger partial charge in [0, 0.05) is 40.2 Å². The predicted molar refractivity (Wildman–Crippen MR) is 118 cm³/mol. The van der Waals surface area contributed by atoms with Crippen LogP contribution in [0, 0.1) is 13.8 Å². The van der Waals surface area contributed by atoms with E-state index in [0.717, 1.165) is 27.2 Å². The molecular formula is C22H24BrN5. The molecule has 2 N–H and O–H groups in total. The zero-order chi connectivity index (χ0) is 19.5. The van der Waals surface area contributed by atoms with E-state index in [4.69, 9.17) is 9.97 Å². The molecule has 2 heterocycles. The standard InChI is InChI=1S/C22H24BrN5/c1-14-11-17(23)12-15(2)21(14)27-20-13-19(16-7-9-24-10-8-16)26-22(28-20)25-18-5-3-4-6-18/h7-13,18H,3-6H2,1-2H3,(H2,25,26,27,28). The molecule has 1 aliphatic carbocycles. The molecule has 0 atom stereocenters. The number of hydrogen-bond acceptors (Lipinski definition) is 5. The maximum absolute atomic E-state index is 4.77. The number of anilines is 3. The second-order valence-electron chi connectivity index (χ2n) is 7.36. The van der Waals surface area contributed by atoms with Crippen molar-refractivity contribution in [3.8, 4) is 11.3 Å². The van der Waals surface area contributed by atoms with Crippen LogP contribution < -0.4 is 10.6 Å². The van der Waals surface area contributed by atoms with Crippen molar-refractivity contribution < 1.29 is 0 Å². The minimum absolute atomic E-state index is 0.455. The fourth-order valence-electron chi connectivity index (χ4n) is 3.74. The van der Waals surface area contributed by atoms with E-state index in [0.29, 0.717) is 12.0 Å². The second-order valence-corrected chi connectivity index (χ2v) is 8.28. The van der Waals surface area contributed by atoms with E-state index < -0.39 is 0 Å². The molecule has 1 fully saturated rings. The average molecular weight is 438 g/mol. The molecule has 0 aliphatic heterocycles. The van der Waals surface area contributed by atoms with E-state index in [1.807, 2.05) is 18.2 Å². The minimum Gasteiger partial charge on any atom is -0.351 e. The molecule has 1 saturated carbocycles. The summed E-state index contributed by atoms with van der Waals surface area (Å²) in [6.45, 7) is 4.20. The van der Waals surface area contributed by atoms with Gasteiger partial charge in [-0.15, -0.1) is 0 Å². The van der Waals surface area contributed by atoms with Crippen LogP contribution in [0.15, 0.2) is 47.2 Å². The third-order valence-corrected chi connectivity index (χ3v) is 5.60. The van der Waals surface area contributed by atoms with Gasteiger partial charge in [0.15, 0.2) is 0 Å². The highest BCUT2D eigenvalue weighted by Crippen LogP contribution is 2.30. The van der Waals surface area contributed by atoms with Crippen LogP contribution in [-0.4, -0.2) is 21.0 Å². The van der Waals surface area contributed by atoms with Crippen LogP contribution >= 0.6 is 15.9 Å². The first-order valence-electron chi connectivity index (χ1n) is 9.68. The monoisotopic (exact) mass is 437 g/mol. The first kappa shape index (κ1) is 18.9. The number of aromatic nitrogens is 3. The molecule has 0 saturated heterocycles. The van der Waals surface area contributed by atoms with Crippen molar-refractivity contribution in [3.05, 3.63) is 58.3 Å². The Morgan fingerprint density at radius 2 is 1.64 bits per heavy atom. The smallest absolute Gasteiger partial charge is 0.225 e. The maximum Gasteiger partial charge on any atom is 0.225 e. The third kappa shape index (κ3) is 4.33. The normalized spacial score (nSPS) is 14.2.